The Hall–Kier alpha value is -1.82. The van der Waals surface area contributed by atoms with Crippen molar-refractivity contribution in [2.45, 2.75) is 143 Å². The number of hydrogen-bond acceptors (Lipinski definition) is 4. The van der Waals surface area contributed by atoms with Gasteiger partial charge in [-0.1, -0.05) is 114 Å². The Morgan fingerprint density at radius 2 is 0.977 bits per heavy atom. The Kier molecular flexibility index (Phi) is 15.3. The van der Waals surface area contributed by atoms with Crippen LogP contribution in [-0.2, 0) is 21.7 Å². The van der Waals surface area contributed by atoms with E-state index in [1.165, 1.54) is 43.2 Å². The van der Waals surface area contributed by atoms with Gasteiger partial charge in [0.05, 0.1) is 0 Å². The average Bonchev–Trinajstić information content (AvgIpc) is 2.83. The van der Waals surface area contributed by atoms with Crippen molar-refractivity contribution >= 4 is 47.6 Å². The molecule has 0 amide bonds. The van der Waals surface area contributed by atoms with Crippen LogP contribution in [0.3, 0.4) is 0 Å². The summed E-state index contributed by atoms with van der Waals surface area (Å²) < 4.78 is 4.17. The number of halogens is 2. The lowest BCUT2D eigenvalue weighted by Gasteiger charge is -2.27. The van der Waals surface area contributed by atoms with Gasteiger partial charge in [-0.05, 0) is 57.8 Å². The Balaban J connectivity index is 0.000000806. The smallest absolute Gasteiger partial charge is 0.134 e. The van der Waals surface area contributed by atoms with Crippen molar-refractivity contribution in [2.24, 2.45) is 9.65 Å². The van der Waals surface area contributed by atoms with E-state index in [0.717, 1.165) is 32.7 Å². The molecule has 0 spiro atoms. The van der Waals surface area contributed by atoms with Crippen LogP contribution in [0.4, 0.5) is 0 Å². The number of rotatable bonds is 3. The van der Waals surface area contributed by atoms with Gasteiger partial charge in [-0.3, -0.25) is 4.99 Å². The third kappa shape index (κ3) is 11.9. The molecule has 1 saturated carbocycles. The average molecular weight is 652 g/mol. The third-order valence-electron chi connectivity index (χ3n) is 7.89. The summed E-state index contributed by atoms with van der Waals surface area (Å²) in [6.45, 7) is 26.0. The molecule has 1 aliphatic carbocycles. The van der Waals surface area contributed by atoms with E-state index in [-0.39, 0.29) is 46.5 Å². The van der Waals surface area contributed by atoms with Gasteiger partial charge in [-0.25, -0.2) is 0 Å². The first-order chi connectivity index (χ1) is 18.7. The maximum absolute atomic E-state index is 10.8. The van der Waals surface area contributed by atoms with Crippen molar-refractivity contribution < 1.29 is 10.2 Å². The number of hydrogen-bond donors (Lipinski definition) is 2. The van der Waals surface area contributed by atoms with E-state index in [0.29, 0.717) is 17.5 Å². The first-order valence-electron chi connectivity index (χ1n) is 15.4. The molecule has 0 radical (unpaired) electrons. The Morgan fingerprint density at radius 3 is 1.30 bits per heavy atom. The van der Waals surface area contributed by atoms with E-state index in [9.17, 15) is 10.2 Å². The van der Waals surface area contributed by atoms with Gasteiger partial charge in [0.15, 0.2) is 0 Å². The minimum Gasteiger partial charge on any atom is -0.507 e. The molecule has 0 atom stereocenters. The molecule has 1 aliphatic rings. The van der Waals surface area contributed by atoms with E-state index in [4.69, 9.17) is 4.99 Å². The molecular weight excluding hydrogens is 591 g/mol. The fourth-order valence-corrected chi connectivity index (χ4v) is 5.35. The molecule has 43 heavy (non-hydrogen) atoms. The molecular formula is C36H60Cl2N2O2Si. The standard InChI is InChI=1S/C21H33NO.C15H25NOSi.2ClH/c1-20(2,3)16-12-15(14-22-17-10-8-7-9-11-17)19(23)18(13-16)21(4,5)6;1-14(2,3)11-7-10(9-16-18)13(17)12(8-11)15(4,5)6;;/h12-14,17,23H,7-11H2,1-6H3;7-9,17H,1-6,18H3;2*1H. The van der Waals surface area contributed by atoms with E-state index in [1.54, 1.807) is 6.21 Å². The number of phenols is 2. The van der Waals surface area contributed by atoms with Crippen molar-refractivity contribution in [3.05, 3.63) is 57.6 Å². The van der Waals surface area contributed by atoms with E-state index in [2.05, 4.69) is 106 Å². The maximum atomic E-state index is 10.8. The molecule has 2 aromatic carbocycles. The summed E-state index contributed by atoms with van der Waals surface area (Å²) in [7, 11) is 0.754. The van der Waals surface area contributed by atoms with Crippen molar-refractivity contribution in [1.29, 1.82) is 0 Å². The molecule has 0 unspecified atom stereocenters. The van der Waals surface area contributed by atoms with E-state index < -0.39 is 0 Å². The van der Waals surface area contributed by atoms with Crippen molar-refractivity contribution in [3.8, 4) is 11.5 Å². The summed E-state index contributed by atoms with van der Waals surface area (Å²) >= 11 is 0. The summed E-state index contributed by atoms with van der Waals surface area (Å²) in [4.78, 5) is 4.78. The number of nitrogens with zero attached hydrogens (tertiary/aromatic N) is 2. The second kappa shape index (κ2) is 16.0. The quantitative estimate of drug-likeness (QED) is 0.257. The highest BCUT2D eigenvalue weighted by Gasteiger charge is 2.26. The predicted molar refractivity (Wildman–Crippen MR) is 198 cm³/mol. The minimum absolute atomic E-state index is 0. The van der Waals surface area contributed by atoms with Gasteiger partial charge < -0.3 is 14.9 Å². The van der Waals surface area contributed by atoms with Gasteiger partial charge in [0.25, 0.3) is 0 Å². The fourth-order valence-electron chi connectivity index (χ4n) is 5.08. The van der Waals surface area contributed by atoms with Gasteiger partial charge >= 0.3 is 0 Å². The van der Waals surface area contributed by atoms with Crippen LogP contribution >= 0.6 is 24.8 Å². The van der Waals surface area contributed by atoms with Crippen molar-refractivity contribution in [3.63, 3.8) is 0 Å². The van der Waals surface area contributed by atoms with Gasteiger partial charge in [0, 0.05) is 40.7 Å². The van der Waals surface area contributed by atoms with Gasteiger partial charge in [-0.15, -0.1) is 24.8 Å². The van der Waals surface area contributed by atoms with Crippen LogP contribution in [0.5, 0.6) is 11.5 Å². The molecule has 4 nitrogen and oxygen atoms in total. The van der Waals surface area contributed by atoms with Crippen molar-refractivity contribution in [2.75, 3.05) is 0 Å². The van der Waals surface area contributed by atoms with Crippen LogP contribution in [0.15, 0.2) is 33.9 Å². The summed E-state index contributed by atoms with van der Waals surface area (Å²) in [5.41, 5.74) is 6.17. The molecule has 7 heteroatoms. The maximum Gasteiger partial charge on any atom is 0.134 e. The Labute approximate surface area is 278 Å². The number of benzene rings is 2. The number of aromatic hydroxyl groups is 2. The van der Waals surface area contributed by atoms with Crippen LogP contribution in [0.25, 0.3) is 0 Å². The normalized spacial score (nSPS) is 15.2. The number of phenolic OH excluding ortho intramolecular Hbond substituents is 2. The van der Waals surface area contributed by atoms with Crippen LogP contribution in [0.2, 0.25) is 0 Å². The highest BCUT2D eigenvalue weighted by Crippen LogP contribution is 2.38. The molecule has 0 aromatic heterocycles. The molecule has 0 aliphatic heterocycles. The van der Waals surface area contributed by atoms with Gasteiger partial charge in [0.1, 0.15) is 21.9 Å². The molecule has 2 N–H and O–H groups in total. The lowest BCUT2D eigenvalue weighted by Crippen LogP contribution is -2.17. The summed E-state index contributed by atoms with van der Waals surface area (Å²) in [5, 5.41) is 21.1. The zero-order chi connectivity index (χ0) is 31.4. The van der Waals surface area contributed by atoms with Crippen molar-refractivity contribution in [1.82, 2.24) is 0 Å². The highest BCUT2D eigenvalue weighted by molar-refractivity contribution is 6.11. The second-order valence-electron chi connectivity index (χ2n) is 15.9. The SMILES string of the molecule is CC(C)(C)c1cc(C=NC2CCCCC2)c(O)c(C(C)(C)C)c1.CC(C)(C)c1cc(C=N[SiH3])c(O)c(C(C)(C)C)c1.Cl.Cl. The third-order valence-corrected chi connectivity index (χ3v) is 8.15. The fraction of sp³-hybridized carbons (Fsp3) is 0.611. The molecule has 3 rings (SSSR count). The van der Waals surface area contributed by atoms with Crippen LogP contribution in [0, 0.1) is 0 Å². The summed E-state index contributed by atoms with van der Waals surface area (Å²) in [5.74, 6) is 0.764. The first kappa shape index (κ1) is 41.2. The first-order valence-corrected chi connectivity index (χ1v) is 16.3. The molecule has 0 saturated heterocycles. The Morgan fingerprint density at radius 1 is 0.605 bits per heavy atom. The predicted octanol–water partition coefficient (Wildman–Crippen LogP) is 9.27. The zero-order valence-corrected chi connectivity index (χ0v) is 32.8. The van der Waals surface area contributed by atoms with Crippen LogP contribution in [-0.4, -0.2) is 39.1 Å². The lowest BCUT2D eigenvalue weighted by molar-refractivity contribution is 0.440. The molecule has 2 aromatic rings. The van der Waals surface area contributed by atoms with Gasteiger partial charge in [-0.2, -0.15) is 0 Å². The largest absolute Gasteiger partial charge is 0.507 e. The van der Waals surface area contributed by atoms with Gasteiger partial charge in [0.2, 0.25) is 0 Å². The topological polar surface area (TPSA) is 65.2 Å². The molecule has 244 valence electrons. The molecule has 0 heterocycles. The molecule has 0 bridgehead atoms. The van der Waals surface area contributed by atoms with Crippen LogP contribution in [0.1, 0.15) is 149 Å². The zero-order valence-electron chi connectivity index (χ0n) is 29.2. The van der Waals surface area contributed by atoms with E-state index in [1.807, 2.05) is 12.3 Å². The number of aliphatic imine (C=N–C) groups is 1. The highest BCUT2D eigenvalue weighted by atomic mass is 35.5. The minimum atomic E-state index is -0.0846. The Bertz CT molecular complexity index is 1240. The lowest BCUT2D eigenvalue weighted by atomic mass is 9.79. The second-order valence-corrected chi connectivity index (χ2v) is 16.4. The summed E-state index contributed by atoms with van der Waals surface area (Å²) in [6.07, 6.45) is 9.96. The van der Waals surface area contributed by atoms with E-state index >= 15 is 0 Å². The summed E-state index contributed by atoms with van der Waals surface area (Å²) in [6, 6.07) is 8.87. The van der Waals surface area contributed by atoms with Crippen LogP contribution < -0.4 is 0 Å². The molecule has 1 fully saturated rings. The monoisotopic (exact) mass is 650 g/mol.